The van der Waals surface area contributed by atoms with Gasteiger partial charge in [0.2, 0.25) is 0 Å². The van der Waals surface area contributed by atoms with Gasteiger partial charge < -0.3 is 4.74 Å². The summed E-state index contributed by atoms with van der Waals surface area (Å²) >= 11 is 0. The first-order chi connectivity index (χ1) is 5.00. The van der Waals surface area contributed by atoms with Gasteiger partial charge in [-0.25, -0.2) is 0 Å². The molecule has 0 aromatic rings. The summed E-state index contributed by atoms with van der Waals surface area (Å²) in [5.41, 5.74) is 0.681. The van der Waals surface area contributed by atoms with Gasteiger partial charge in [-0.1, -0.05) is 19.6 Å². The first-order valence-electron chi connectivity index (χ1n) is 4.16. The minimum atomic E-state index is -1.06. The molecule has 1 aliphatic heterocycles. The van der Waals surface area contributed by atoms with Gasteiger partial charge in [0.25, 0.3) is 0 Å². The fraction of sp³-hybridized carbons (Fsp3) is 0.875. The number of carbonyl (C=O) groups is 1. The number of hydrogen-bond donors (Lipinski definition) is 0. The third-order valence-electron chi connectivity index (χ3n) is 2.37. The van der Waals surface area contributed by atoms with Crippen molar-refractivity contribution in [2.45, 2.75) is 38.0 Å². The van der Waals surface area contributed by atoms with Gasteiger partial charge in [-0.15, -0.1) is 0 Å². The van der Waals surface area contributed by atoms with Crippen molar-refractivity contribution in [2.75, 3.05) is 6.61 Å². The van der Waals surface area contributed by atoms with Crippen molar-refractivity contribution in [3.8, 4) is 0 Å². The van der Waals surface area contributed by atoms with E-state index in [1.54, 1.807) is 0 Å². The molecule has 1 rings (SSSR count). The van der Waals surface area contributed by atoms with Gasteiger partial charge in [0.15, 0.2) is 0 Å². The lowest BCUT2D eigenvalue weighted by Crippen LogP contribution is -2.35. The maximum atomic E-state index is 10.7. The average molecular weight is 172 g/mol. The molecule has 11 heavy (non-hydrogen) atoms. The van der Waals surface area contributed by atoms with Crippen LogP contribution in [0.15, 0.2) is 0 Å². The normalized spacial score (nSPS) is 26.5. The molecular formula is C8H16O2Si. The van der Waals surface area contributed by atoms with Gasteiger partial charge in [-0.2, -0.15) is 0 Å². The van der Waals surface area contributed by atoms with Gasteiger partial charge in [0, 0.05) is 6.42 Å². The highest BCUT2D eigenvalue weighted by molar-refractivity contribution is 6.77. The van der Waals surface area contributed by atoms with E-state index in [2.05, 4.69) is 19.6 Å². The molecule has 3 heteroatoms. The standard InChI is InChI=1S/C8H16O2Si/c1-11(2,3)7-4-5-8(9)10-6-7/h7H,4-6H2,1-3H3. The van der Waals surface area contributed by atoms with Crippen LogP contribution in [-0.2, 0) is 9.53 Å². The largest absolute Gasteiger partial charge is 0.466 e. The highest BCUT2D eigenvalue weighted by atomic mass is 28.3. The van der Waals surface area contributed by atoms with E-state index in [9.17, 15) is 4.79 Å². The monoisotopic (exact) mass is 172 g/mol. The van der Waals surface area contributed by atoms with Crippen LogP contribution in [0.4, 0.5) is 0 Å². The lowest BCUT2D eigenvalue weighted by Gasteiger charge is -2.31. The lowest BCUT2D eigenvalue weighted by molar-refractivity contribution is -0.146. The molecule has 1 aliphatic rings. The molecule has 0 bridgehead atoms. The van der Waals surface area contributed by atoms with Crippen molar-refractivity contribution < 1.29 is 9.53 Å². The van der Waals surface area contributed by atoms with E-state index < -0.39 is 8.07 Å². The van der Waals surface area contributed by atoms with Gasteiger partial charge >= 0.3 is 5.97 Å². The Bertz CT molecular complexity index is 150. The smallest absolute Gasteiger partial charge is 0.305 e. The molecule has 64 valence electrons. The maximum Gasteiger partial charge on any atom is 0.305 e. The zero-order chi connectivity index (χ0) is 8.48. The summed E-state index contributed by atoms with van der Waals surface area (Å²) in [5.74, 6) is -0.0144. The lowest BCUT2D eigenvalue weighted by atomic mass is 10.2. The van der Waals surface area contributed by atoms with Crippen LogP contribution in [0, 0.1) is 0 Å². The van der Waals surface area contributed by atoms with Crippen molar-refractivity contribution in [1.29, 1.82) is 0 Å². The number of ether oxygens (including phenoxy) is 1. The Kier molecular flexibility index (Phi) is 2.37. The summed E-state index contributed by atoms with van der Waals surface area (Å²) in [6.07, 6.45) is 1.68. The second-order valence-corrected chi connectivity index (χ2v) is 9.83. The number of rotatable bonds is 1. The van der Waals surface area contributed by atoms with E-state index in [0.717, 1.165) is 6.42 Å². The summed E-state index contributed by atoms with van der Waals surface area (Å²) in [4.78, 5) is 10.7. The molecule has 0 saturated carbocycles. The second kappa shape index (κ2) is 2.97. The van der Waals surface area contributed by atoms with Crippen molar-refractivity contribution in [1.82, 2.24) is 0 Å². The first-order valence-corrected chi connectivity index (χ1v) is 7.73. The molecule has 0 aromatic heterocycles. The quantitative estimate of drug-likeness (QED) is 0.447. The summed E-state index contributed by atoms with van der Waals surface area (Å²) in [5, 5.41) is 0. The molecule has 2 nitrogen and oxygen atoms in total. The van der Waals surface area contributed by atoms with Crippen molar-refractivity contribution in [3.05, 3.63) is 0 Å². The first kappa shape index (κ1) is 8.78. The third-order valence-corrected chi connectivity index (χ3v) is 5.27. The molecule has 1 unspecified atom stereocenters. The predicted octanol–water partition coefficient (Wildman–Crippen LogP) is 2.03. The molecule has 0 radical (unpaired) electrons. The molecule has 0 N–H and O–H groups in total. The number of carbonyl (C=O) groups excluding carboxylic acids is 1. The third kappa shape index (κ3) is 2.33. The molecule has 0 spiro atoms. The van der Waals surface area contributed by atoms with Crippen LogP contribution in [0.25, 0.3) is 0 Å². The highest BCUT2D eigenvalue weighted by Gasteiger charge is 2.31. The van der Waals surface area contributed by atoms with Gasteiger partial charge in [0.1, 0.15) is 0 Å². The van der Waals surface area contributed by atoms with E-state index in [1.165, 1.54) is 0 Å². The summed E-state index contributed by atoms with van der Waals surface area (Å²) in [6, 6.07) is 0. The van der Waals surface area contributed by atoms with Crippen molar-refractivity contribution in [2.24, 2.45) is 0 Å². The average Bonchev–Trinajstić information content (AvgIpc) is 1.86. The van der Waals surface area contributed by atoms with Crippen molar-refractivity contribution in [3.63, 3.8) is 0 Å². The Morgan fingerprint density at radius 3 is 2.45 bits per heavy atom. The maximum absolute atomic E-state index is 10.7. The summed E-state index contributed by atoms with van der Waals surface area (Å²) < 4.78 is 5.01. The van der Waals surface area contributed by atoms with E-state index >= 15 is 0 Å². The van der Waals surface area contributed by atoms with Gasteiger partial charge in [-0.3, -0.25) is 4.79 Å². The zero-order valence-electron chi connectivity index (χ0n) is 7.52. The topological polar surface area (TPSA) is 26.3 Å². The Morgan fingerprint density at radius 1 is 1.45 bits per heavy atom. The Hall–Kier alpha value is -0.313. The van der Waals surface area contributed by atoms with E-state index in [4.69, 9.17) is 4.74 Å². The number of hydrogen-bond acceptors (Lipinski definition) is 2. The SMILES string of the molecule is C[Si](C)(C)C1CCC(=O)OC1. The van der Waals surface area contributed by atoms with Crippen LogP contribution < -0.4 is 0 Å². The molecule has 0 aliphatic carbocycles. The molecule has 1 saturated heterocycles. The molecular weight excluding hydrogens is 156 g/mol. The predicted molar refractivity (Wildman–Crippen MR) is 47.3 cm³/mol. The molecule has 1 heterocycles. The molecule has 1 atom stereocenters. The van der Waals surface area contributed by atoms with Crippen LogP contribution in [-0.4, -0.2) is 20.7 Å². The Morgan fingerprint density at radius 2 is 2.09 bits per heavy atom. The van der Waals surface area contributed by atoms with E-state index in [1.807, 2.05) is 0 Å². The summed E-state index contributed by atoms with van der Waals surface area (Å²) in [7, 11) is -1.06. The Labute approximate surface area is 68.9 Å². The van der Waals surface area contributed by atoms with Gasteiger partial charge in [-0.05, 0) is 12.0 Å². The minimum Gasteiger partial charge on any atom is -0.466 e. The van der Waals surface area contributed by atoms with Gasteiger partial charge in [0.05, 0.1) is 14.7 Å². The number of esters is 1. The van der Waals surface area contributed by atoms with E-state index in [0.29, 0.717) is 18.6 Å². The van der Waals surface area contributed by atoms with Crippen LogP contribution >= 0.6 is 0 Å². The van der Waals surface area contributed by atoms with Crippen LogP contribution in [0.3, 0.4) is 0 Å². The summed E-state index contributed by atoms with van der Waals surface area (Å²) in [6.45, 7) is 7.67. The molecule has 0 aromatic carbocycles. The van der Waals surface area contributed by atoms with Crippen LogP contribution in [0.2, 0.25) is 25.2 Å². The van der Waals surface area contributed by atoms with Crippen LogP contribution in [0.5, 0.6) is 0 Å². The van der Waals surface area contributed by atoms with E-state index in [-0.39, 0.29) is 5.97 Å². The fourth-order valence-electron chi connectivity index (χ4n) is 1.32. The van der Waals surface area contributed by atoms with Crippen LogP contribution in [0.1, 0.15) is 12.8 Å². The molecule has 1 fully saturated rings. The number of cyclic esters (lactones) is 1. The Balaban J connectivity index is 2.45. The minimum absolute atomic E-state index is 0.0144. The molecule has 0 amide bonds. The second-order valence-electron chi connectivity index (χ2n) is 4.28. The van der Waals surface area contributed by atoms with Crippen molar-refractivity contribution >= 4 is 14.0 Å². The highest BCUT2D eigenvalue weighted by Crippen LogP contribution is 2.30. The fourth-order valence-corrected chi connectivity index (χ4v) is 2.92. The zero-order valence-corrected chi connectivity index (χ0v) is 8.52.